The van der Waals surface area contributed by atoms with E-state index in [2.05, 4.69) is 4.98 Å². The van der Waals surface area contributed by atoms with Crippen LogP contribution in [0.3, 0.4) is 0 Å². The first-order valence-electron chi connectivity index (χ1n) is 10.7. The molecule has 2 aromatic heterocycles. The molecule has 2 unspecified atom stereocenters. The number of methoxy groups -OCH3 is 1. The lowest BCUT2D eigenvalue weighted by Gasteiger charge is -2.37. The third-order valence-electron chi connectivity index (χ3n) is 5.94. The molecule has 8 nitrogen and oxygen atoms in total. The Hall–Kier alpha value is -3.65. The van der Waals surface area contributed by atoms with Crippen LogP contribution in [0.4, 0.5) is 5.95 Å². The van der Waals surface area contributed by atoms with Gasteiger partial charge in [-0.1, -0.05) is 30.3 Å². The molecule has 32 heavy (non-hydrogen) atoms. The number of hydrogen-bond donors (Lipinski definition) is 1. The number of amides is 1. The maximum Gasteiger partial charge on any atom is 0.321 e. The first-order chi connectivity index (χ1) is 15.7. The molecule has 2 atom stereocenters. The first kappa shape index (κ1) is 20.3. The fraction of sp³-hybridized carbons (Fsp3) is 0.292. The van der Waals surface area contributed by atoms with Crippen LogP contribution >= 0.6 is 0 Å². The number of carbonyl (C=O) groups excluding carboxylic acids is 2. The van der Waals surface area contributed by atoms with Gasteiger partial charge in [-0.2, -0.15) is 0 Å². The zero-order valence-electron chi connectivity index (χ0n) is 17.9. The Morgan fingerprint density at radius 2 is 1.94 bits per heavy atom. The van der Waals surface area contributed by atoms with Gasteiger partial charge in [-0.25, -0.2) is 4.98 Å². The Bertz CT molecular complexity index is 1310. The summed E-state index contributed by atoms with van der Waals surface area (Å²) in [7, 11) is 1.58. The molecule has 164 valence electrons. The van der Waals surface area contributed by atoms with Gasteiger partial charge in [0, 0.05) is 29.8 Å². The van der Waals surface area contributed by atoms with E-state index in [1.54, 1.807) is 14.0 Å². The highest BCUT2D eigenvalue weighted by Crippen LogP contribution is 2.43. The van der Waals surface area contributed by atoms with Gasteiger partial charge in [-0.05, 0) is 25.1 Å². The lowest BCUT2D eigenvalue weighted by Crippen LogP contribution is -2.51. The summed E-state index contributed by atoms with van der Waals surface area (Å²) in [5.74, 6) is -1.42. The molecule has 0 radical (unpaired) electrons. The topological polar surface area (TPSA) is 89.4 Å². The number of fused-ring (bicyclic) bond motifs is 4. The van der Waals surface area contributed by atoms with Crippen molar-refractivity contribution in [2.45, 2.75) is 13.0 Å². The third kappa shape index (κ3) is 3.06. The molecule has 0 bridgehead atoms. The van der Waals surface area contributed by atoms with E-state index in [1.165, 1.54) is 4.90 Å². The average Bonchev–Trinajstić information content (AvgIpc) is 3.40. The molecule has 1 amide bonds. The predicted octanol–water partition coefficient (Wildman–Crippen LogP) is 3.28. The molecular formula is C24H24N4O4. The summed E-state index contributed by atoms with van der Waals surface area (Å²) in [6, 6.07) is 15.0. The monoisotopic (exact) mass is 432 g/mol. The van der Waals surface area contributed by atoms with Crippen molar-refractivity contribution in [2.24, 2.45) is 5.92 Å². The first-order valence-corrected chi connectivity index (χ1v) is 10.7. The van der Waals surface area contributed by atoms with Gasteiger partial charge in [0.1, 0.15) is 0 Å². The maximum atomic E-state index is 13.7. The molecular weight excluding hydrogens is 408 g/mol. The van der Waals surface area contributed by atoms with E-state index in [9.17, 15) is 9.59 Å². The number of nitrogens with one attached hydrogen (secondary N) is 1. The minimum absolute atomic E-state index is 0.193. The Balaban J connectivity index is 1.80. The van der Waals surface area contributed by atoms with Crippen molar-refractivity contribution in [1.29, 1.82) is 0 Å². The summed E-state index contributed by atoms with van der Waals surface area (Å²) in [6.07, 6.45) is 1.87. The number of rotatable bonds is 6. The number of aromatic amines is 1. The Morgan fingerprint density at radius 3 is 2.75 bits per heavy atom. The number of para-hydroxylation sites is 3. The number of esters is 1. The Morgan fingerprint density at radius 1 is 1.16 bits per heavy atom. The van der Waals surface area contributed by atoms with Gasteiger partial charge in [-0.3, -0.25) is 14.5 Å². The number of ether oxygens (including phenoxy) is 2. The van der Waals surface area contributed by atoms with Crippen LogP contribution in [0, 0.1) is 5.92 Å². The van der Waals surface area contributed by atoms with E-state index in [1.807, 2.05) is 59.3 Å². The molecule has 5 rings (SSSR count). The van der Waals surface area contributed by atoms with Crippen molar-refractivity contribution >= 4 is 39.8 Å². The van der Waals surface area contributed by atoms with Gasteiger partial charge >= 0.3 is 5.97 Å². The van der Waals surface area contributed by atoms with E-state index < -0.39 is 17.9 Å². The maximum absolute atomic E-state index is 13.7. The van der Waals surface area contributed by atoms with Gasteiger partial charge in [0.15, 0.2) is 5.92 Å². The van der Waals surface area contributed by atoms with E-state index in [0.717, 1.165) is 27.5 Å². The lowest BCUT2D eigenvalue weighted by molar-refractivity contribution is -0.153. The molecule has 0 aliphatic carbocycles. The number of carbonyl (C=O) groups is 2. The Kier molecular flexibility index (Phi) is 5.14. The zero-order chi connectivity index (χ0) is 22.2. The molecule has 1 aliphatic rings. The van der Waals surface area contributed by atoms with E-state index in [-0.39, 0.29) is 19.1 Å². The summed E-state index contributed by atoms with van der Waals surface area (Å²) < 4.78 is 12.6. The van der Waals surface area contributed by atoms with Crippen LogP contribution in [0.25, 0.3) is 21.9 Å². The minimum atomic E-state index is -1.05. The number of imidazole rings is 1. The standard InChI is InChI=1S/C24H24N4O4/c1-3-32-23(30)20-21(16-14-25-17-9-5-4-8-15(16)17)28-19-11-7-6-10-18(19)26-24(28)27(22(20)29)12-13-31-2/h4-11,14,20-21,25H,3,12-13H2,1-2H3. The number of benzene rings is 2. The largest absolute Gasteiger partial charge is 0.465 e. The molecule has 2 aromatic carbocycles. The van der Waals surface area contributed by atoms with Crippen molar-refractivity contribution in [3.8, 4) is 0 Å². The summed E-state index contributed by atoms with van der Waals surface area (Å²) >= 11 is 0. The molecule has 1 N–H and O–H groups in total. The van der Waals surface area contributed by atoms with Crippen molar-refractivity contribution in [1.82, 2.24) is 14.5 Å². The lowest BCUT2D eigenvalue weighted by atomic mass is 9.89. The Labute approximate surface area is 184 Å². The van der Waals surface area contributed by atoms with Crippen molar-refractivity contribution in [3.63, 3.8) is 0 Å². The quantitative estimate of drug-likeness (QED) is 0.373. The molecule has 0 fully saturated rings. The summed E-state index contributed by atoms with van der Waals surface area (Å²) in [5, 5.41) is 0.952. The van der Waals surface area contributed by atoms with E-state index in [0.29, 0.717) is 12.6 Å². The van der Waals surface area contributed by atoms with E-state index >= 15 is 0 Å². The third-order valence-corrected chi connectivity index (χ3v) is 5.94. The normalized spacial score (nSPS) is 18.3. The second-order valence-corrected chi connectivity index (χ2v) is 7.72. The van der Waals surface area contributed by atoms with E-state index in [4.69, 9.17) is 14.5 Å². The van der Waals surface area contributed by atoms with Crippen molar-refractivity contribution < 1.29 is 19.1 Å². The fourth-order valence-electron chi connectivity index (χ4n) is 4.56. The molecule has 3 heterocycles. The van der Waals surface area contributed by atoms with Gasteiger partial charge in [0.2, 0.25) is 11.9 Å². The van der Waals surface area contributed by atoms with Crippen LogP contribution in [0.5, 0.6) is 0 Å². The number of anilines is 1. The van der Waals surface area contributed by atoms with Gasteiger partial charge in [0.25, 0.3) is 0 Å². The minimum Gasteiger partial charge on any atom is -0.465 e. The van der Waals surface area contributed by atoms with Crippen LogP contribution in [-0.4, -0.2) is 53.3 Å². The molecule has 0 saturated heterocycles. The van der Waals surface area contributed by atoms with Gasteiger partial charge in [0.05, 0.1) is 36.8 Å². The average molecular weight is 432 g/mol. The predicted molar refractivity (Wildman–Crippen MR) is 121 cm³/mol. The highest BCUT2D eigenvalue weighted by atomic mass is 16.5. The smallest absolute Gasteiger partial charge is 0.321 e. The second kappa shape index (κ2) is 8.12. The van der Waals surface area contributed by atoms with Crippen LogP contribution in [0.1, 0.15) is 18.5 Å². The van der Waals surface area contributed by atoms with Crippen LogP contribution in [0.2, 0.25) is 0 Å². The molecule has 8 heteroatoms. The van der Waals surface area contributed by atoms with Crippen molar-refractivity contribution in [3.05, 3.63) is 60.3 Å². The second-order valence-electron chi connectivity index (χ2n) is 7.72. The molecule has 0 spiro atoms. The summed E-state index contributed by atoms with van der Waals surface area (Å²) in [6.45, 7) is 2.54. The fourth-order valence-corrected chi connectivity index (χ4v) is 4.56. The van der Waals surface area contributed by atoms with Gasteiger partial charge in [-0.15, -0.1) is 0 Å². The van der Waals surface area contributed by atoms with Gasteiger partial charge < -0.3 is 19.0 Å². The van der Waals surface area contributed by atoms with Crippen LogP contribution in [-0.2, 0) is 19.1 Å². The number of aromatic nitrogens is 3. The zero-order valence-corrected chi connectivity index (χ0v) is 17.9. The number of nitrogens with zero attached hydrogens (tertiary/aromatic N) is 3. The SMILES string of the molecule is CCOC(=O)C1C(=O)N(CCOC)c2nc3ccccc3n2C1c1c[nH]c2ccccc12. The molecule has 4 aromatic rings. The molecule has 1 aliphatic heterocycles. The highest BCUT2D eigenvalue weighted by molar-refractivity contribution is 6.09. The molecule has 0 saturated carbocycles. The van der Waals surface area contributed by atoms with Crippen LogP contribution < -0.4 is 4.90 Å². The van der Waals surface area contributed by atoms with Crippen molar-refractivity contribution in [2.75, 3.05) is 31.8 Å². The number of hydrogen-bond acceptors (Lipinski definition) is 5. The van der Waals surface area contributed by atoms with Crippen LogP contribution in [0.15, 0.2) is 54.7 Å². The number of H-pyrrole nitrogens is 1. The highest BCUT2D eigenvalue weighted by Gasteiger charge is 2.48. The summed E-state index contributed by atoms with van der Waals surface area (Å²) in [4.78, 5) is 36.5. The summed E-state index contributed by atoms with van der Waals surface area (Å²) in [5.41, 5.74) is 3.39.